The number of hydrogen-bond acceptors (Lipinski definition) is 3. The maximum atomic E-state index is 4.04. The second-order valence-electron chi connectivity index (χ2n) is 3.19. The number of nitrogens with zero attached hydrogens (tertiary/aromatic N) is 4. The van der Waals surface area contributed by atoms with Crippen LogP contribution in [0.25, 0.3) is 11.8 Å². The van der Waals surface area contributed by atoms with Crippen LogP contribution in [0.3, 0.4) is 0 Å². The molecule has 1 aromatic carbocycles. The van der Waals surface area contributed by atoms with Crippen LogP contribution in [0.5, 0.6) is 0 Å². The Morgan fingerprint density at radius 1 is 1.25 bits per heavy atom. The van der Waals surface area contributed by atoms with Crippen molar-refractivity contribution >= 4 is 12.3 Å². The maximum absolute atomic E-state index is 4.04. The fourth-order valence-electron chi connectivity index (χ4n) is 1.29. The van der Waals surface area contributed by atoms with E-state index in [1.165, 1.54) is 0 Å². The van der Waals surface area contributed by atoms with Crippen LogP contribution in [-0.4, -0.2) is 28.3 Å². The summed E-state index contributed by atoms with van der Waals surface area (Å²) >= 11 is 0. The van der Waals surface area contributed by atoms with Crippen LogP contribution in [0.15, 0.2) is 47.6 Å². The van der Waals surface area contributed by atoms with Gasteiger partial charge in [-0.2, -0.15) is 0 Å². The molecule has 0 aliphatic carbocycles. The van der Waals surface area contributed by atoms with Gasteiger partial charge in [0.2, 0.25) is 0 Å². The van der Waals surface area contributed by atoms with Gasteiger partial charge in [0, 0.05) is 13.3 Å². The van der Waals surface area contributed by atoms with Gasteiger partial charge in [-0.1, -0.05) is 23.4 Å². The van der Waals surface area contributed by atoms with Crippen LogP contribution in [-0.2, 0) is 0 Å². The molecule has 0 atom stereocenters. The van der Waals surface area contributed by atoms with Gasteiger partial charge in [0.15, 0.2) is 0 Å². The Bertz CT molecular complexity index is 497. The minimum atomic E-state index is 0.809. The molecule has 0 saturated carbocycles. The van der Waals surface area contributed by atoms with E-state index < -0.39 is 0 Å². The molecule has 1 heterocycles. The minimum Gasteiger partial charge on any atom is -0.297 e. The van der Waals surface area contributed by atoms with Gasteiger partial charge in [0.25, 0.3) is 0 Å². The summed E-state index contributed by atoms with van der Waals surface area (Å²) in [5.41, 5.74) is 1.81. The topological polar surface area (TPSA) is 43.1 Å². The lowest BCUT2D eigenvalue weighted by Crippen LogP contribution is -1.93. The standard InChI is InChI=1S/C12H12N4/c1-13-9-5-6-11-10-16(15-14-11)12-7-3-2-4-8-12/h2-10H,1H3. The first kappa shape index (κ1) is 10.3. The Balaban J connectivity index is 2.20. The normalized spacial score (nSPS) is 11.6. The summed E-state index contributed by atoms with van der Waals surface area (Å²) in [5.74, 6) is 0. The Morgan fingerprint density at radius 2 is 2.06 bits per heavy atom. The summed E-state index contributed by atoms with van der Waals surface area (Å²) < 4.78 is 1.74. The van der Waals surface area contributed by atoms with Gasteiger partial charge < -0.3 is 0 Å². The minimum absolute atomic E-state index is 0.809. The van der Waals surface area contributed by atoms with Crippen molar-refractivity contribution in [1.82, 2.24) is 15.0 Å². The molecule has 0 saturated heterocycles. The molecule has 4 heteroatoms. The van der Waals surface area contributed by atoms with Crippen LogP contribution in [0, 0.1) is 0 Å². The number of aliphatic imine (C=N–C) groups is 1. The molecule has 0 aliphatic heterocycles. The van der Waals surface area contributed by atoms with Crippen molar-refractivity contribution in [2.75, 3.05) is 7.05 Å². The third-order valence-corrected chi connectivity index (χ3v) is 2.03. The Hall–Kier alpha value is -2.23. The van der Waals surface area contributed by atoms with Crippen molar-refractivity contribution in [3.63, 3.8) is 0 Å². The van der Waals surface area contributed by atoms with Crippen LogP contribution < -0.4 is 0 Å². The highest BCUT2D eigenvalue weighted by molar-refractivity contribution is 5.77. The largest absolute Gasteiger partial charge is 0.297 e. The molecular formula is C12H12N4. The molecule has 0 fully saturated rings. The van der Waals surface area contributed by atoms with Crippen LogP contribution in [0.2, 0.25) is 0 Å². The molecule has 4 nitrogen and oxygen atoms in total. The van der Waals surface area contributed by atoms with Gasteiger partial charge >= 0.3 is 0 Å². The maximum Gasteiger partial charge on any atom is 0.106 e. The van der Waals surface area contributed by atoms with Crippen molar-refractivity contribution in [1.29, 1.82) is 0 Å². The van der Waals surface area contributed by atoms with Crippen molar-refractivity contribution in [3.8, 4) is 5.69 Å². The zero-order chi connectivity index (χ0) is 11.2. The summed E-state index contributed by atoms with van der Waals surface area (Å²) in [4.78, 5) is 3.85. The van der Waals surface area contributed by atoms with Crippen LogP contribution >= 0.6 is 0 Å². The molecule has 0 spiro atoms. The second kappa shape index (κ2) is 5.02. The molecule has 2 rings (SSSR count). The van der Waals surface area contributed by atoms with E-state index >= 15 is 0 Å². The lowest BCUT2D eigenvalue weighted by Gasteiger charge is -1.96. The van der Waals surface area contributed by atoms with Gasteiger partial charge in [-0.05, 0) is 24.3 Å². The second-order valence-corrected chi connectivity index (χ2v) is 3.19. The average molecular weight is 212 g/mol. The molecule has 80 valence electrons. The van der Waals surface area contributed by atoms with E-state index in [1.807, 2.05) is 48.7 Å². The molecule has 0 aliphatic rings. The van der Waals surface area contributed by atoms with E-state index in [2.05, 4.69) is 15.3 Å². The highest BCUT2D eigenvalue weighted by atomic mass is 15.4. The van der Waals surface area contributed by atoms with Crippen molar-refractivity contribution in [3.05, 3.63) is 48.3 Å². The van der Waals surface area contributed by atoms with E-state index in [9.17, 15) is 0 Å². The number of para-hydroxylation sites is 1. The molecule has 16 heavy (non-hydrogen) atoms. The number of rotatable bonds is 3. The Morgan fingerprint density at radius 3 is 2.81 bits per heavy atom. The lowest BCUT2D eigenvalue weighted by atomic mass is 10.3. The highest BCUT2D eigenvalue weighted by Crippen LogP contribution is 2.06. The highest BCUT2D eigenvalue weighted by Gasteiger charge is 1.98. The number of allylic oxidation sites excluding steroid dienone is 1. The third-order valence-electron chi connectivity index (χ3n) is 2.03. The molecular weight excluding hydrogens is 200 g/mol. The van der Waals surface area contributed by atoms with Crippen molar-refractivity contribution in [2.45, 2.75) is 0 Å². The lowest BCUT2D eigenvalue weighted by molar-refractivity contribution is 0.802. The SMILES string of the molecule is CN=CC=Cc1cn(-c2ccccc2)nn1. The summed E-state index contributed by atoms with van der Waals surface area (Å²) in [6.07, 6.45) is 7.27. The van der Waals surface area contributed by atoms with Gasteiger partial charge in [-0.15, -0.1) is 5.10 Å². The Labute approximate surface area is 93.9 Å². The first-order chi connectivity index (χ1) is 7.90. The number of hydrogen-bond donors (Lipinski definition) is 0. The molecule has 0 radical (unpaired) electrons. The fraction of sp³-hybridized carbons (Fsp3) is 0.0833. The van der Waals surface area contributed by atoms with Crippen molar-refractivity contribution in [2.24, 2.45) is 4.99 Å². The zero-order valence-corrected chi connectivity index (χ0v) is 8.99. The first-order valence-corrected chi connectivity index (χ1v) is 4.97. The van der Waals surface area contributed by atoms with Crippen molar-refractivity contribution < 1.29 is 0 Å². The summed E-state index contributed by atoms with van der Waals surface area (Å²) in [6, 6.07) is 9.87. The van der Waals surface area contributed by atoms with E-state index in [1.54, 1.807) is 17.9 Å². The number of aromatic nitrogens is 3. The van der Waals surface area contributed by atoms with Crippen LogP contribution in [0.1, 0.15) is 5.69 Å². The smallest absolute Gasteiger partial charge is 0.106 e. The zero-order valence-electron chi connectivity index (χ0n) is 8.99. The monoisotopic (exact) mass is 212 g/mol. The molecule has 0 N–H and O–H groups in total. The summed E-state index contributed by atoms with van der Waals surface area (Å²) in [6.45, 7) is 0. The molecule has 0 amide bonds. The first-order valence-electron chi connectivity index (χ1n) is 4.97. The molecule has 0 bridgehead atoms. The summed E-state index contributed by atoms with van der Waals surface area (Å²) in [5, 5.41) is 8.06. The predicted octanol–water partition coefficient (Wildman–Crippen LogP) is 1.98. The predicted molar refractivity (Wildman–Crippen MR) is 64.8 cm³/mol. The van der Waals surface area contributed by atoms with Gasteiger partial charge in [-0.3, -0.25) is 4.99 Å². The van der Waals surface area contributed by atoms with E-state index in [-0.39, 0.29) is 0 Å². The molecule has 0 unspecified atom stereocenters. The van der Waals surface area contributed by atoms with Gasteiger partial charge in [0.1, 0.15) is 5.69 Å². The van der Waals surface area contributed by atoms with Gasteiger partial charge in [-0.25, -0.2) is 4.68 Å². The Kier molecular flexibility index (Phi) is 3.23. The molecule has 1 aromatic heterocycles. The molecule has 2 aromatic rings. The quantitative estimate of drug-likeness (QED) is 0.730. The number of benzene rings is 1. The third kappa shape index (κ3) is 2.42. The van der Waals surface area contributed by atoms with Gasteiger partial charge in [0.05, 0.1) is 11.9 Å². The van der Waals surface area contributed by atoms with E-state index in [4.69, 9.17) is 0 Å². The van der Waals surface area contributed by atoms with Crippen LogP contribution in [0.4, 0.5) is 0 Å². The van der Waals surface area contributed by atoms with E-state index in [0.717, 1.165) is 11.4 Å². The fourth-order valence-corrected chi connectivity index (χ4v) is 1.29. The van der Waals surface area contributed by atoms with E-state index in [0.29, 0.717) is 0 Å². The summed E-state index contributed by atoms with van der Waals surface area (Å²) in [7, 11) is 1.73. The average Bonchev–Trinajstić information content (AvgIpc) is 2.79.